The molecule has 1 aliphatic rings. The van der Waals surface area contributed by atoms with E-state index in [0.717, 1.165) is 18.4 Å². The number of hydrogen-bond acceptors (Lipinski definition) is 3. The number of nitro benzene ring substituents is 1. The first kappa shape index (κ1) is 11.0. The molecule has 0 amide bonds. The fourth-order valence-corrected chi connectivity index (χ4v) is 2.36. The monoisotopic (exact) mass is 244 g/mol. The molecule has 0 aliphatic heterocycles. The maximum Gasteiger partial charge on any atom is 0.270 e. The molecule has 0 saturated heterocycles. The van der Waals surface area contributed by atoms with Crippen LogP contribution < -0.4 is 5.43 Å². The van der Waals surface area contributed by atoms with Gasteiger partial charge in [0.1, 0.15) is 0 Å². The molecule has 2 aromatic rings. The first-order valence-electron chi connectivity index (χ1n) is 5.96. The lowest BCUT2D eigenvalue weighted by Crippen LogP contribution is -2.19. The molecule has 1 aromatic carbocycles. The van der Waals surface area contributed by atoms with Crippen LogP contribution in [-0.4, -0.2) is 9.49 Å². The van der Waals surface area contributed by atoms with Gasteiger partial charge < -0.3 is 4.57 Å². The molecule has 0 radical (unpaired) electrons. The SMILES string of the molecule is O=c1ccn(C2CCC2)c2ccc([N+](=O)[O-])cc12. The molecular formula is C13H12N2O3. The highest BCUT2D eigenvalue weighted by Gasteiger charge is 2.21. The summed E-state index contributed by atoms with van der Waals surface area (Å²) in [5.74, 6) is 0. The number of aromatic nitrogens is 1. The van der Waals surface area contributed by atoms with Crippen LogP contribution in [0.4, 0.5) is 5.69 Å². The molecule has 1 fully saturated rings. The van der Waals surface area contributed by atoms with Crippen LogP contribution >= 0.6 is 0 Å². The number of rotatable bonds is 2. The lowest BCUT2D eigenvalue weighted by molar-refractivity contribution is -0.384. The fraction of sp³-hybridized carbons (Fsp3) is 0.308. The number of non-ortho nitro benzene ring substituents is 1. The Morgan fingerprint density at radius 3 is 2.67 bits per heavy atom. The van der Waals surface area contributed by atoms with Crippen LogP contribution in [0.2, 0.25) is 0 Å². The minimum atomic E-state index is -0.473. The Morgan fingerprint density at radius 2 is 2.06 bits per heavy atom. The van der Waals surface area contributed by atoms with Gasteiger partial charge in [-0.1, -0.05) is 0 Å². The van der Waals surface area contributed by atoms with E-state index in [1.807, 2.05) is 0 Å². The zero-order chi connectivity index (χ0) is 12.7. The Morgan fingerprint density at radius 1 is 1.28 bits per heavy atom. The van der Waals surface area contributed by atoms with Gasteiger partial charge in [0.15, 0.2) is 5.43 Å². The van der Waals surface area contributed by atoms with Crippen molar-refractivity contribution in [1.29, 1.82) is 0 Å². The Balaban J connectivity index is 2.26. The number of nitro groups is 1. The number of benzene rings is 1. The van der Waals surface area contributed by atoms with Gasteiger partial charge in [-0.25, -0.2) is 0 Å². The third kappa shape index (κ3) is 1.59. The maximum absolute atomic E-state index is 11.8. The first-order valence-corrected chi connectivity index (χ1v) is 5.96. The molecule has 0 unspecified atom stereocenters. The lowest BCUT2D eigenvalue weighted by atomic mass is 9.92. The maximum atomic E-state index is 11.8. The second kappa shape index (κ2) is 3.94. The van der Waals surface area contributed by atoms with Crippen LogP contribution in [0.5, 0.6) is 0 Å². The summed E-state index contributed by atoms with van der Waals surface area (Å²) in [6, 6.07) is 6.41. The Bertz CT molecular complexity index is 686. The average molecular weight is 244 g/mol. The van der Waals surface area contributed by atoms with Crippen molar-refractivity contribution in [3.05, 3.63) is 50.8 Å². The standard InChI is InChI=1S/C13H12N2O3/c16-13-6-7-14(9-2-1-3-9)12-5-4-10(15(17)18)8-11(12)13/h4-9H,1-3H2. The van der Waals surface area contributed by atoms with Crippen molar-refractivity contribution in [1.82, 2.24) is 4.57 Å². The molecule has 0 N–H and O–H groups in total. The second-order valence-electron chi connectivity index (χ2n) is 4.63. The van der Waals surface area contributed by atoms with E-state index in [1.54, 1.807) is 12.3 Å². The van der Waals surface area contributed by atoms with Crippen molar-refractivity contribution in [2.75, 3.05) is 0 Å². The van der Waals surface area contributed by atoms with Gasteiger partial charge in [-0.05, 0) is 25.3 Å². The predicted octanol–water partition coefficient (Wildman–Crippen LogP) is 2.63. The van der Waals surface area contributed by atoms with E-state index >= 15 is 0 Å². The number of nitrogens with zero attached hydrogens (tertiary/aromatic N) is 2. The van der Waals surface area contributed by atoms with E-state index in [1.165, 1.54) is 24.6 Å². The minimum Gasteiger partial charge on any atom is -0.344 e. The molecule has 1 aliphatic carbocycles. The van der Waals surface area contributed by atoms with Gasteiger partial charge in [-0.2, -0.15) is 0 Å². The summed E-state index contributed by atoms with van der Waals surface area (Å²) in [6.07, 6.45) is 5.20. The molecule has 5 heteroatoms. The van der Waals surface area contributed by atoms with Crippen molar-refractivity contribution >= 4 is 16.6 Å². The third-order valence-corrected chi connectivity index (χ3v) is 3.59. The Labute approximate surface area is 103 Å². The summed E-state index contributed by atoms with van der Waals surface area (Å²) in [6.45, 7) is 0. The normalized spacial score (nSPS) is 15.6. The molecule has 3 rings (SSSR count). The van der Waals surface area contributed by atoms with E-state index < -0.39 is 4.92 Å². The van der Waals surface area contributed by atoms with Crippen LogP contribution in [0.3, 0.4) is 0 Å². The quantitative estimate of drug-likeness (QED) is 0.602. The van der Waals surface area contributed by atoms with Crippen molar-refractivity contribution in [3.63, 3.8) is 0 Å². The fourth-order valence-electron chi connectivity index (χ4n) is 2.36. The highest BCUT2D eigenvalue weighted by molar-refractivity contribution is 5.81. The van der Waals surface area contributed by atoms with Crippen molar-refractivity contribution in [2.45, 2.75) is 25.3 Å². The topological polar surface area (TPSA) is 65.1 Å². The van der Waals surface area contributed by atoms with Gasteiger partial charge in [0, 0.05) is 30.4 Å². The summed E-state index contributed by atoms with van der Waals surface area (Å²) in [4.78, 5) is 22.1. The van der Waals surface area contributed by atoms with Gasteiger partial charge >= 0.3 is 0 Å². The van der Waals surface area contributed by atoms with Crippen molar-refractivity contribution in [3.8, 4) is 0 Å². The van der Waals surface area contributed by atoms with E-state index in [2.05, 4.69) is 4.57 Å². The van der Waals surface area contributed by atoms with Crippen LogP contribution in [0, 0.1) is 10.1 Å². The lowest BCUT2D eigenvalue weighted by Gasteiger charge is -2.29. The summed E-state index contributed by atoms with van der Waals surface area (Å²) in [7, 11) is 0. The molecule has 5 nitrogen and oxygen atoms in total. The van der Waals surface area contributed by atoms with Gasteiger partial charge in [-0.3, -0.25) is 14.9 Å². The molecule has 1 saturated carbocycles. The minimum absolute atomic E-state index is 0.0361. The summed E-state index contributed by atoms with van der Waals surface area (Å²) in [5.41, 5.74) is 0.591. The van der Waals surface area contributed by atoms with Crippen molar-refractivity contribution < 1.29 is 4.92 Å². The summed E-state index contributed by atoms with van der Waals surface area (Å²) in [5, 5.41) is 11.2. The van der Waals surface area contributed by atoms with E-state index in [9.17, 15) is 14.9 Å². The van der Waals surface area contributed by atoms with Gasteiger partial charge in [0.05, 0.1) is 15.8 Å². The molecule has 0 bridgehead atoms. The van der Waals surface area contributed by atoms with Gasteiger partial charge in [0.2, 0.25) is 0 Å². The largest absolute Gasteiger partial charge is 0.344 e. The molecular weight excluding hydrogens is 232 g/mol. The zero-order valence-corrected chi connectivity index (χ0v) is 9.70. The van der Waals surface area contributed by atoms with Gasteiger partial charge in [-0.15, -0.1) is 0 Å². The van der Waals surface area contributed by atoms with Crippen LogP contribution in [0.1, 0.15) is 25.3 Å². The summed E-state index contributed by atoms with van der Waals surface area (Å²) >= 11 is 0. The van der Waals surface area contributed by atoms with E-state index in [-0.39, 0.29) is 11.1 Å². The van der Waals surface area contributed by atoms with Crippen LogP contribution in [0.15, 0.2) is 35.3 Å². The molecule has 1 aromatic heterocycles. The summed E-state index contributed by atoms with van der Waals surface area (Å²) < 4.78 is 2.06. The Hall–Kier alpha value is -2.17. The smallest absolute Gasteiger partial charge is 0.270 e. The second-order valence-corrected chi connectivity index (χ2v) is 4.63. The molecule has 1 heterocycles. The first-order chi connectivity index (χ1) is 8.66. The average Bonchev–Trinajstić information content (AvgIpc) is 2.30. The molecule has 0 spiro atoms. The predicted molar refractivity (Wildman–Crippen MR) is 67.8 cm³/mol. The van der Waals surface area contributed by atoms with Crippen molar-refractivity contribution in [2.24, 2.45) is 0 Å². The third-order valence-electron chi connectivity index (χ3n) is 3.59. The van der Waals surface area contributed by atoms with Crippen LogP contribution in [-0.2, 0) is 0 Å². The van der Waals surface area contributed by atoms with E-state index in [0.29, 0.717) is 11.4 Å². The number of hydrogen-bond donors (Lipinski definition) is 0. The number of fused-ring (bicyclic) bond motifs is 1. The van der Waals surface area contributed by atoms with Gasteiger partial charge in [0.25, 0.3) is 5.69 Å². The van der Waals surface area contributed by atoms with Crippen LogP contribution in [0.25, 0.3) is 10.9 Å². The molecule has 18 heavy (non-hydrogen) atoms. The highest BCUT2D eigenvalue weighted by Crippen LogP contribution is 2.33. The highest BCUT2D eigenvalue weighted by atomic mass is 16.6. The molecule has 0 atom stereocenters. The molecule has 92 valence electrons. The zero-order valence-electron chi connectivity index (χ0n) is 9.70. The van der Waals surface area contributed by atoms with E-state index in [4.69, 9.17) is 0 Å². The Kier molecular flexibility index (Phi) is 2.40. The number of pyridine rings is 1.